The Morgan fingerprint density at radius 2 is 1.58 bits per heavy atom. The molecule has 1 amide bonds. The van der Waals surface area contributed by atoms with Gasteiger partial charge in [0.15, 0.2) is 0 Å². The smallest absolute Gasteiger partial charge is 0.408 e. The molecule has 0 radical (unpaired) electrons. The fourth-order valence-corrected chi connectivity index (χ4v) is 1.20. The number of rotatable bonds is 4. The van der Waals surface area contributed by atoms with Crippen LogP contribution in [0.25, 0.3) is 0 Å². The van der Waals surface area contributed by atoms with Crippen molar-refractivity contribution in [3.8, 4) is 0 Å². The summed E-state index contributed by atoms with van der Waals surface area (Å²) in [6.45, 7) is 14.1. The van der Waals surface area contributed by atoms with Crippen LogP contribution in [0.4, 0.5) is 4.79 Å². The van der Waals surface area contributed by atoms with E-state index in [1.54, 1.807) is 47.6 Å². The van der Waals surface area contributed by atoms with Crippen LogP contribution in [0.15, 0.2) is 12.7 Å². The van der Waals surface area contributed by atoms with Gasteiger partial charge in [0.05, 0.1) is 0 Å². The molecule has 0 bridgehead atoms. The van der Waals surface area contributed by atoms with Crippen molar-refractivity contribution < 1.29 is 19.1 Å². The van der Waals surface area contributed by atoms with Gasteiger partial charge in [-0.25, -0.2) is 9.59 Å². The van der Waals surface area contributed by atoms with E-state index >= 15 is 0 Å². The molecule has 0 spiro atoms. The van der Waals surface area contributed by atoms with Gasteiger partial charge >= 0.3 is 12.1 Å². The summed E-state index contributed by atoms with van der Waals surface area (Å²) < 4.78 is 10.3. The lowest BCUT2D eigenvalue weighted by atomic mass is 10.1. The van der Waals surface area contributed by atoms with Gasteiger partial charge in [-0.05, 0) is 48.0 Å². The quantitative estimate of drug-likeness (QED) is 0.630. The van der Waals surface area contributed by atoms with Gasteiger partial charge in [0.25, 0.3) is 0 Å². The van der Waals surface area contributed by atoms with E-state index in [-0.39, 0.29) is 6.42 Å². The number of hydrogen-bond acceptors (Lipinski definition) is 4. The van der Waals surface area contributed by atoms with Crippen LogP contribution in [-0.2, 0) is 14.3 Å². The first-order valence-electron chi connectivity index (χ1n) is 6.28. The fourth-order valence-electron chi connectivity index (χ4n) is 1.20. The summed E-state index contributed by atoms with van der Waals surface area (Å²) in [5.74, 6) is -0.502. The predicted octanol–water partition coefficient (Wildman–Crippen LogP) is 2.80. The Kier molecular flexibility index (Phi) is 6.06. The van der Waals surface area contributed by atoms with Crippen molar-refractivity contribution in [2.24, 2.45) is 0 Å². The maximum atomic E-state index is 11.9. The van der Waals surface area contributed by atoms with Crippen LogP contribution >= 0.6 is 0 Å². The van der Waals surface area contributed by atoms with Crippen LogP contribution in [-0.4, -0.2) is 29.3 Å². The van der Waals surface area contributed by atoms with Crippen molar-refractivity contribution >= 4 is 12.1 Å². The zero-order chi connectivity index (χ0) is 15.3. The lowest BCUT2D eigenvalue weighted by Crippen LogP contribution is -2.45. The molecule has 5 nitrogen and oxygen atoms in total. The van der Waals surface area contributed by atoms with Gasteiger partial charge in [0.2, 0.25) is 0 Å². The number of esters is 1. The van der Waals surface area contributed by atoms with Gasteiger partial charge in [0, 0.05) is 0 Å². The minimum absolute atomic E-state index is 0.286. The summed E-state index contributed by atoms with van der Waals surface area (Å²) in [5, 5.41) is 2.49. The molecule has 5 heteroatoms. The van der Waals surface area contributed by atoms with Crippen LogP contribution in [0.3, 0.4) is 0 Å². The van der Waals surface area contributed by atoms with Gasteiger partial charge in [-0.3, -0.25) is 0 Å². The van der Waals surface area contributed by atoms with Crippen molar-refractivity contribution in [3.63, 3.8) is 0 Å². The summed E-state index contributed by atoms with van der Waals surface area (Å²) in [6.07, 6.45) is 1.19. The highest BCUT2D eigenvalue weighted by atomic mass is 16.6. The zero-order valence-corrected chi connectivity index (χ0v) is 12.7. The molecule has 0 aromatic heterocycles. The molecular weight excluding hydrogens is 246 g/mol. The van der Waals surface area contributed by atoms with Crippen LogP contribution in [0.5, 0.6) is 0 Å². The van der Waals surface area contributed by atoms with Gasteiger partial charge in [-0.1, -0.05) is 6.08 Å². The van der Waals surface area contributed by atoms with Gasteiger partial charge in [-0.15, -0.1) is 6.58 Å². The lowest BCUT2D eigenvalue weighted by Gasteiger charge is -2.25. The molecule has 19 heavy (non-hydrogen) atoms. The molecule has 0 rings (SSSR count). The number of alkyl carbamates (subject to hydrolysis) is 1. The fraction of sp³-hybridized carbons (Fsp3) is 0.714. The number of nitrogens with one attached hydrogen (secondary N) is 1. The highest BCUT2D eigenvalue weighted by Gasteiger charge is 2.27. The molecule has 0 fully saturated rings. The second-order valence-corrected chi connectivity index (χ2v) is 6.26. The first kappa shape index (κ1) is 17.5. The first-order valence-corrected chi connectivity index (χ1v) is 6.28. The third-order valence-electron chi connectivity index (χ3n) is 1.78. The molecule has 110 valence electrons. The maximum absolute atomic E-state index is 11.9. The van der Waals surface area contributed by atoms with Crippen molar-refractivity contribution in [2.75, 3.05) is 0 Å². The Bertz CT molecular complexity index is 336. The monoisotopic (exact) mass is 271 g/mol. The summed E-state index contributed by atoms with van der Waals surface area (Å²) in [4.78, 5) is 23.5. The van der Waals surface area contributed by atoms with E-state index in [0.29, 0.717) is 0 Å². The SMILES string of the molecule is C=CCC(NC(=O)OC(C)(C)C)C(=O)OC(C)(C)C. The van der Waals surface area contributed by atoms with E-state index < -0.39 is 29.3 Å². The number of hydrogen-bond donors (Lipinski definition) is 1. The first-order chi connectivity index (χ1) is 8.44. The summed E-state index contributed by atoms with van der Waals surface area (Å²) in [6, 6.07) is -0.786. The maximum Gasteiger partial charge on any atom is 0.408 e. The summed E-state index contributed by atoms with van der Waals surface area (Å²) in [7, 11) is 0. The third kappa shape index (κ3) is 9.11. The van der Waals surface area contributed by atoms with E-state index in [2.05, 4.69) is 11.9 Å². The van der Waals surface area contributed by atoms with E-state index in [0.717, 1.165) is 0 Å². The van der Waals surface area contributed by atoms with Gasteiger partial charge < -0.3 is 14.8 Å². The molecule has 0 saturated carbocycles. The molecule has 0 aliphatic rings. The van der Waals surface area contributed by atoms with Crippen LogP contribution < -0.4 is 5.32 Å². The Hall–Kier alpha value is -1.52. The van der Waals surface area contributed by atoms with E-state index in [1.807, 2.05) is 0 Å². The van der Waals surface area contributed by atoms with Gasteiger partial charge in [0.1, 0.15) is 17.2 Å². The number of amides is 1. The van der Waals surface area contributed by atoms with E-state index in [4.69, 9.17) is 9.47 Å². The number of carbonyl (C=O) groups is 2. The highest BCUT2D eigenvalue weighted by molar-refractivity contribution is 5.81. The Balaban J connectivity index is 4.61. The molecule has 0 aliphatic carbocycles. The highest BCUT2D eigenvalue weighted by Crippen LogP contribution is 2.11. The summed E-state index contributed by atoms with van der Waals surface area (Å²) in [5.41, 5.74) is -1.22. The zero-order valence-electron chi connectivity index (χ0n) is 12.7. The van der Waals surface area contributed by atoms with Crippen molar-refractivity contribution in [1.82, 2.24) is 5.32 Å². The molecule has 0 aromatic rings. The van der Waals surface area contributed by atoms with Crippen LogP contribution in [0.1, 0.15) is 48.0 Å². The second-order valence-electron chi connectivity index (χ2n) is 6.26. The van der Waals surface area contributed by atoms with Gasteiger partial charge in [-0.2, -0.15) is 0 Å². The topological polar surface area (TPSA) is 64.6 Å². The second kappa shape index (κ2) is 6.59. The normalized spacial score (nSPS) is 13.4. The van der Waals surface area contributed by atoms with E-state index in [9.17, 15) is 9.59 Å². The molecule has 1 N–H and O–H groups in total. The molecule has 1 atom stereocenters. The molecule has 0 aromatic carbocycles. The average molecular weight is 271 g/mol. The molecular formula is C14H25NO4. The summed E-state index contributed by atoms with van der Waals surface area (Å²) >= 11 is 0. The average Bonchev–Trinajstić information content (AvgIpc) is 2.10. The Morgan fingerprint density at radius 1 is 1.11 bits per heavy atom. The standard InChI is InChI=1S/C14H25NO4/c1-8-9-10(11(16)18-13(2,3)4)15-12(17)19-14(5,6)7/h8,10H,1,9H2,2-7H3,(H,15,17). The Morgan fingerprint density at radius 3 is 1.95 bits per heavy atom. The van der Waals surface area contributed by atoms with Crippen LogP contribution in [0.2, 0.25) is 0 Å². The molecule has 0 heterocycles. The van der Waals surface area contributed by atoms with Crippen LogP contribution in [0, 0.1) is 0 Å². The number of carbonyl (C=O) groups excluding carboxylic acids is 2. The number of ether oxygens (including phenoxy) is 2. The molecule has 0 saturated heterocycles. The van der Waals surface area contributed by atoms with Crippen molar-refractivity contribution in [3.05, 3.63) is 12.7 Å². The predicted molar refractivity (Wildman–Crippen MR) is 73.8 cm³/mol. The largest absolute Gasteiger partial charge is 0.458 e. The minimum Gasteiger partial charge on any atom is -0.458 e. The lowest BCUT2D eigenvalue weighted by molar-refractivity contribution is -0.157. The molecule has 1 unspecified atom stereocenters. The minimum atomic E-state index is -0.786. The molecule has 0 aliphatic heterocycles. The third-order valence-corrected chi connectivity index (χ3v) is 1.78. The van der Waals surface area contributed by atoms with Crippen molar-refractivity contribution in [1.29, 1.82) is 0 Å². The van der Waals surface area contributed by atoms with E-state index in [1.165, 1.54) is 0 Å². The Labute approximate surface area is 115 Å². The van der Waals surface area contributed by atoms with Crippen molar-refractivity contribution in [2.45, 2.75) is 65.2 Å².